The predicted octanol–water partition coefficient (Wildman–Crippen LogP) is 7.13. The van der Waals surface area contributed by atoms with Crippen molar-refractivity contribution in [3.05, 3.63) is 29.8 Å². The zero-order valence-electron chi connectivity index (χ0n) is 20.9. The van der Waals surface area contributed by atoms with E-state index in [9.17, 15) is 8.42 Å². The molecule has 4 nitrogen and oxygen atoms in total. The van der Waals surface area contributed by atoms with Gasteiger partial charge in [-0.15, -0.1) is 0 Å². The Hall–Kier alpha value is -0.476. The summed E-state index contributed by atoms with van der Waals surface area (Å²) in [6, 6.07) is 9.61. The van der Waals surface area contributed by atoms with Crippen LogP contribution in [0.3, 0.4) is 0 Å². The maximum atomic E-state index is 12.8. The lowest BCUT2D eigenvalue weighted by molar-refractivity contribution is 0.0826. The second-order valence-electron chi connectivity index (χ2n) is 10.5. The molecule has 0 aromatic heterocycles. The molecule has 0 saturated heterocycles. The number of benzene rings is 1. The lowest BCUT2D eigenvalue weighted by atomic mass is 9.99. The van der Waals surface area contributed by atoms with E-state index in [4.69, 9.17) is 8.30 Å². The van der Waals surface area contributed by atoms with E-state index in [-0.39, 0.29) is 15.5 Å². The Morgan fingerprint density at radius 2 is 1.33 bits per heavy atom. The molecular formula is C23H44O4SSi2. The molecule has 0 N–H and O–H groups in total. The molecule has 0 atom stereocenters. The highest BCUT2D eigenvalue weighted by molar-refractivity contribution is 7.87. The summed E-state index contributed by atoms with van der Waals surface area (Å²) >= 11 is 0. The summed E-state index contributed by atoms with van der Waals surface area (Å²) in [7, 11) is -7.78. The number of aryl methyl sites for hydroxylation is 1. The molecule has 0 aliphatic heterocycles. The van der Waals surface area contributed by atoms with Gasteiger partial charge in [-0.2, -0.15) is 8.42 Å². The van der Waals surface area contributed by atoms with Gasteiger partial charge in [0.2, 0.25) is 8.32 Å². The van der Waals surface area contributed by atoms with Crippen LogP contribution in [0.5, 0.6) is 0 Å². The molecule has 30 heavy (non-hydrogen) atoms. The van der Waals surface area contributed by atoms with Crippen molar-refractivity contribution < 1.29 is 16.7 Å². The predicted molar refractivity (Wildman–Crippen MR) is 133 cm³/mol. The average Bonchev–Trinajstić information content (AvgIpc) is 2.63. The van der Waals surface area contributed by atoms with Gasteiger partial charge in [0.05, 0.1) is 10.5 Å². The van der Waals surface area contributed by atoms with Crippen molar-refractivity contribution in [1.82, 2.24) is 0 Å². The van der Waals surface area contributed by atoms with E-state index in [0.29, 0.717) is 0 Å². The van der Waals surface area contributed by atoms with E-state index < -0.39 is 26.8 Å². The van der Waals surface area contributed by atoms with E-state index in [1.807, 2.05) is 32.9 Å². The first-order valence-electron chi connectivity index (χ1n) is 11.3. The fourth-order valence-electron chi connectivity index (χ4n) is 3.37. The summed E-state index contributed by atoms with van der Waals surface area (Å²) in [4.78, 5) is 0.259. The molecule has 1 aromatic rings. The van der Waals surface area contributed by atoms with E-state index in [0.717, 1.165) is 36.5 Å². The maximum absolute atomic E-state index is 12.8. The largest absolute Gasteiger partial charge is 0.412 e. The van der Waals surface area contributed by atoms with Crippen molar-refractivity contribution in [2.24, 2.45) is 0 Å². The second kappa shape index (κ2) is 9.98. The quantitative estimate of drug-likeness (QED) is 0.321. The molecule has 0 saturated carbocycles. The molecule has 0 unspecified atom stereocenters. The van der Waals surface area contributed by atoms with Crippen molar-refractivity contribution >= 4 is 26.8 Å². The summed E-state index contributed by atoms with van der Waals surface area (Å²) in [5.74, 6) is 0. The van der Waals surface area contributed by atoms with Crippen LogP contribution in [0.25, 0.3) is 0 Å². The first kappa shape index (κ1) is 27.6. The first-order chi connectivity index (χ1) is 13.5. The third kappa shape index (κ3) is 7.29. The van der Waals surface area contributed by atoms with Crippen LogP contribution in [0, 0.1) is 0 Å². The van der Waals surface area contributed by atoms with Crippen LogP contribution in [-0.4, -0.2) is 30.7 Å². The third-order valence-corrected chi connectivity index (χ3v) is 18.5. The summed E-state index contributed by atoms with van der Waals surface area (Å²) in [5, 5.41) is 0.175. The van der Waals surface area contributed by atoms with Gasteiger partial charge in [-0.05, 0) is 80.6 Å². The lowest BCUT2D eigenvalue weighted by Gasteiger charge is -2.43. The molecular weight excluding hydrogens is 428 g/mol. The molecule has 0 aliphatic rings. The number of hydrogen-bond acceptors (Lipinski definition) is 4. The Labute approximate surface area is 188 Å². The van der Waals surface area contributed by atoms with Crippen LogP contribution >= 0.6 is 0 Å². The molecule has 1 aromatic carbocycles. The zero-order valence-corrected chi connectivity index (χ0v) is 23.7. The summed E-state index contributed by atoms with van der Waals surface area (Å²) in [5.41, 5.74) is 0.900. The summed E-state index contributed by atoms with van der Waals surface area (Å²) in [6.07, 6.45) is 1.74. The molecule has 174 valence electrons. The Morgan fingerprint density at radius 1 is 0.867 bits per heavy atom. The third-order valence-electron chi connectivity index (χ3n) is 6.78. The van der Waals surface area contributed by atoms with Gasteiger partial charge in [0.1, 0.15) is 0 Å². The van der Waals surface area contributed by atoms with Gasteiger partial charge in [0.15, 0.2) is 8.32 Å². The Morgan fingerprint density at radius 3 is 1.73 bits per heavy atom. The van der Waals surface area contributed by atoms with Gasteiger partial charge in [-0.3, -0.25) is 0 Å². The monoisotopic (exact) mass is 472 g/mol. The van der Waals surface area contributed by atoms with Crippen LogP contribution in [0.15, 0.2) is 29.2 Å². The maximum Gasteiger partial charge on any atom is 0.287 e. The SMILES string of the molecule is CC[Si](CC)(CC)OS(=O)(=O)c1ccc(CCC(C)(C)O[Si](C)(C)C(C)(C)C)cc1. The van der Waals surface area contributed by atoms with Crippen molar-refractivity contribution in [3.8, 4) is 0 Å². The van der Waals surface area contributed by atoms with Gasteiger partial charge < -0.3 is 8.30 Å². The minimum Gasteiger partial charge on any atom is -0.412 e. The number of rotatable bonds is 11. The fourth-order valence-corrected chi connectivity index (χ4v) is 10.8. The fraction of sp³-hybridized carbons (Fsp3) is 0.739. The molecule has 7 heteroatoms. The van der Waals surface area contributed by atoms with Crippen molar-refractivity contribution in [2.75, 3.05) is 0 Å². The second-order valence-corrected chi connectivity index (χ2v) is 21.8. The van der Waals surface area contributed by atoms with Gasteiger partial charge in [0, 0.05) is 0 Å². The molecule has 0 bridgehead atoms. The van der Waals surface area contributed by atoms with E-state index >= 15 is 0 Å². The van der Waals surface area contributed by atoms with Crippen molar-refractivity contribution in [3.63, 3.8) is 0 Å². The molecule has 1 rings (SSSR count). The molecule has 0 fully saturated rings. The van der Waals surface area contributed by atoms with Crippen LogP contribution in [-0.2, 0) is 24.8 Å². The minimum absolute atomic E-state index is 0.175. The molecule has 0 amide bonds. The topological polar surface area (TPSA) is 52.6 Å². The molecule has 0 radical (unpaired) electrons. The van der Waals surface area contributed by atoms with Gasteiger partial charge in [0.25, 0.3) is 10.1 Å². The standard InChI is InChI=1S/C23H44O4SSi2/c1-11-30(12-2,13-3)27-28(24,25)21-16-14-20(15-17-21)18-19-23(7,8)26-29(9,10)22(4,5)6/h14-17H,11-13,18-19H2,1-10H3. The molecule has 0 heterocycles. The van der Waals surface area contributed by atoms with Crippen LogP contribution in [0.1, 0.15) is 67.4 Å². The highest BCUT2D eigenvalue weighted by Gasteiger charge is 2.41. The van der Waals surface area contributed by atoms with Gasteiger partial charge in [-0.1, -0.05) is 53.7 Å². The Kier molecular flexibility index (Phi) is 9.17. The van der Waals surface area contributed by atoms with Crippen LogP contribution in [0.4, 0.5) is 0 Å². The van der Waals surface area contributed by atoms with Crippen molar-refractivity contribution in [2.45, 2.75) is 115 Å². The minimum atomic E-state index is -3.71. The van der Waals surface area contributed by atoms with Crippen LogP contribution in [0.2, 0.25) is 36.3 Å². The zero-order chi connectivity index (χ0) is 23.4. The molecule has 0 spiro atoms. The highest BCUT2D eigenvalue weighted by atomic mass is 32.2. The summed E-state index contributed by atoms with van der Waals surface area (Å²) < 4.78 is 38.0. The smallest absolute Gasteiger partial charge is 0.287 e. The van der Waals surface area contributed by atoms with E-state index in [1.54, 1.807) is 12.1 Å². The summed E-state index contributed by atoms with van der Waals surface area (Å²) in [6.45, 7) is 21.7. The first-order valence-corrected chi connectivity index (χ1v) is 18.1. The Bertz CT molecular complexity index is 766. The van der Waals surface area contributed by atoms with E-state index in [2.05, 4.69) is 47.7 Å². The average molecular weight is 473 g/mol. The van der Waals surface area contributed by atoms with Gasteiger partial charge in [-0.25, -0.2) is 0 Å². The lowest BCUT2D eigenvalue weighted by Crippen LogP contribution is -2.47. The van der Waals surface area contributed by atoms with Crippen molar-refractivity contribution in [1.29, 1.82) is 0 Å². The normalized spacial score (nSPS) is 14.2. The molecule has 0 aliphatic carbocycles. The number of hydrogen-bond donors (Lipinski definition) is 0. The van der Waals surface area contributed by atoms with E-state index in [1.165, 1.54) is 0 Å². The van der Waals surface area contributed by atoms with Crippen LogP contribution < -0.4 is 0 Å². The highest BCUT2D eigenvalue weighted by Crippen LogP contribution is 2.40. The Balaban J connectivity index is 2.86. The van der Waals surface area contributed by atoms with Gasteiger partial charge >= 0.3 is 0 Å².